The zero-order chi connectivity index (χ0) is 11.8. The molecule has 0 aromatic carbocycles. The lowest BCUT2D eigenvalue weighted by Crippen LogP contribution is -2.20. The zero-order valence-electron chi connectivity index (χ0n) is 10.0. The van der Waals surface area contributed by atoms with Gasteiger partial charge in [-0.1, -0.05) is 6.92 Å². The lowest BCUT2D eigenvalue weighted by Gasteiger charge is -2.04. The molecule has 0 bridgehead atoms. The van der Waals surface area contributed by atoms with E-state index in [1.54, 1.807) is 0 Å². The summed E-state index contributed by atoms with van der Waals surface area (Å²) >= 11 is 5.37. The molecule has 0 aliphatic heterocycles. The van der Waals surface area contributed by atoms with Gasteiger partial charge in [0.2, 0.25) is 0 Å². The number of nitrogens with one attached hydrogen (secondary N) is 1. The molecule has 0 aliphatic carbocycles. The van der Waals surface area contributed by atoms with Gasteiger partial charge in [0.25, 0.3) is 0 Å². The Hall–Kier alpha value is 0.1000. The standard InChI is InChI=1S/C12H20BrNOS/c1-3-5-14-6-8-15-7-4-11-9-12(13)10(2)16-11/h9,14H,3-8H2,1-2H3. The van der Waals surface area contributed by atoms with Gasteiger partial charge < -0.3 is 10.1 Å². The number of aryl methyl sites for hydroxylation is 1. The fourth-order valence-electron chi connectivity index (χ4n) is 1.36. The van der Waals surface area contributed by atoms with Gasteiger partial charge >= 0.3 is 0 Å². The highest BCUT2D eigenvalue weighted by atomic mass is 79.9. The molecule has 1 aromatic rings. The molecule has 0 fully saturated rings. The third-order valence-corrected chi connectivity index (χ3v) is 4.45. The first-order valence-electron chi connectivity index (χ1n) is 5.77. The average molecular weight is 306 g/mol. The number of rotatable bonds is 8. The van der Waals surface area contributed by atoms with Gasteiger partial charge in [0, 0.05) is 27.2 Å². The number of hydrogen-bond acceptors (Lipinski definition) is 3. The van der Waals surface area contributed by atoms with Crippen LogP contribution in [0.3, 0.4) is 0 Å². The fraction of sp³-hybridized carbons (Fsp3) is 0.667. The van der Waals surface area contributed by atoms with E-state index in [1.165, 1.54) is 20.6 Å². The van der Waals surface area contributed by atoms with Crippen LogP contribution in [0.25, 0.3) is 0 Å². The van der Waals surface area contributed by atoms with E-state index in [1.807, 2.05) is 11.3 Å². The molecular formula is C12H20BrNOS. The van der Waals surface area contributed by atoms with Crippen LogP contribution in [0, 0.1) is 6.92 Å². The van der Waals surface area contributed by atoms with Crippen molar-refractivity contribution >= 4 is 27.3 Å². The molecule has 0 spiro atoms. The Morgan fingerprint density at radius 1 is 1.38 bits per heavy atom. The zero-order valence-corrected chi connectivity index (χ0v) is 12.4. The Morgan fingerprint density at radius 2 is 2.19 bits per heavy atom. The van der Waals surface area contributed by atoms with Crippen molar-refractivity contribution < 1.29 is 4.74 Å². The maximum Gasteiger partial charge on any atom is 0.0591 e. The quantitative estimate of drug-likeness (QED) is 0.744. The van der Waals surface area contributed by atoms with Gasteiger partial charge in [0.1, 0.15) is 0 Å². The van der Waals surface area contributed by atoms with Crippen LogP contribution in [0.15, 0.2) is 10.5 Å². The Balaban J connectivity index is 2.03. The van der Waals surface area contributed by atoms with Crippen molar-refractivity contribution in [2.24, 2.45) is 0 Å². The van der Waals surface area contributed by atoms with E-state index in [9.17, 15) is 0 Å². The molecule has 1 aromatic heterocycles. The SMILES string of the molecule is CCCNCCOCCc1cc(Br)c(C)s1. The van der Waals surface area contributed by atoms with Crippen LogP contribution in [-0.4, -0.2) is 26.3 Å². The van der Waals surface area contributed by atoms with Gasteiger partial charge in [-0.2, -0.15) is 0 Å². The first kappa shape index (κ1) is 14.2. The molecule has 1 rings (SSSR count). The first-order valence-corrected chi connectivity index (χ1v) is 7.38. The number of thiophene rings is 1. The summed E-state index contributed by atoms with van der Waals surface area (Å²) in [6, 6.07) is 2.19. The summed E-state index contributed by atoms with van der Waals surface area (Å²) in [5, 5.41) is 3.32. The van der Waals surface area contributed by atoms with Crippen molar-refractivity contribution in [1.29, 1.82) is 0 Å². The molecule has 92 valence electrons. The van der Waals surface area contributed by atoms with Crippen LogP contribution in [0.5, 0.6) is 0 Å². The molecule has 0 amide bonds. The van der Waals surface area contributed by atoms with Gasteiger partial charge in [-0.15, -0.1) is 11.3 Å². The largest absolute Gasteiger partial charge is 0.380 e. The maximum atomic E-state index is 5.56. The summed E-state index contributed by atoms with van der Waals surface area (Å²) in [5.41, 5.74) is 0. The van der Waals surface area contributed by atoms with Gasteiger partial charge in [-0.05, 0) is 41.9 Å². The van der Waals surface area contributed by atoms with E-state index in [4.69, 9.17) is 4.74 Å². The third kappa shape index (κ3) is 5.43. The Kier molecular flexibility index (Phi) is 7.28. The molecule has 2 nitrogen and oxygen atoms in total. The van der Waals surface area contributed by atoms with Crippen molar-refractivity contribution in [2.75, 3.05) is 26.3 Å². The predicted molar refractivity (Wildman–Crippen MR) is 74.4 cm³/mol. The molecular weight excluding hydrogens is 286 g/mol. The number of ether oxygens (including phenoxy) is 1. The Bertz CT molecular complexity index is 282. The van der Waals surface area contributed by atoms with Crippen molar-refractivity contribution in [3.63, 3.8) is 0 Å². The van der Waals surface area contributed by atoms with Gasteiger partial charge in [-0.3, -0.25) is 0 Å². The Morgan fingerprint density at radius 3 is 2.81 bits per heavy atom. The minimum absolute atomic E-state index is 0.811. The van der Waals surface area contributed by atoms with E-state index < -0.39 is 0 Å². The minimum atomic E-state index is 0.811. The average Bonchev–Trinajstić information content (AvgIpc) is 2.57. The summed E-state index contributed by atoms with van der Waals surface area (Å²) in [7, 11) is 0. The summed E-state index contributed by atoms with van der Waals surface area (Å²) in [6.45, 7) is 7.98. The van der Waals surface area contributed by atoms with Crippen LogP contribution in [0.1, 0.15) is 23.1 Å². The van der Waals surface area contributed by atoms with E-state index >= 15 is 0 Å². The molecule has 0 saturated carbocycles. The summed E-state index contributed by atoms with van der Waals surface area (Å²) in [6.07, 6.45) is 2.20. The second-order valence-electron chi connectivity index (χ2n) is 3.73. The molecule has 1 N–H and O–H groups in total. The summed E-state index contributed by atoms with van der Waals surface area (Å²) in [5.74, 6) is 0. The van der Waals surface area contributed by atoms with Crippen LogP contribution < -0.4 is 5.32 Å². The van der Waals surface area contributed by atoms with Gasteiger partial charge in [0.05, 0.1) is 13.2 Å². The molecule has 0 saturated heterocycles. The van der Waals surface area contributed by atoms with Crippen molar-refractivity contribution in [1.82, 2.24) is 5.32 Å². The number of halogens is 1. The monoisotopic (exact) mass is 305 g/mol. The highest BCUT2D eigenvalue weighted by Gasteiger charge is 2.02. The summed E-state index contributed by atoms with van der Waals surface area (Å²) < 4.78 is 6.78. The highest BCUT2D eigenvalue weighted by molar-refractivity contribution is 9.10. The van der Waals surface area contributed by atoms with E-state index in [0.717, 1.165) is 32.7 Å². The molecule has 1 heterocycles. The van der Waals surface area contributed by atoms with Crippen LogP contribution in [-0.2, 0) is 11.2 Å². The third-order valence-electron chi connectivity index (χ3n) is 2.25. The molecule has 0 radical (unpaired) electrons. The molecule has 0 aliphatic rings. The van der Waals surface area contributed by atoms with Gasteiger partial charge in [0.15, 0.2) is 0 Å². The summed E-state index contributed by atoms with van der Waals surface area (Å²) in [4.78, 5) is 2.74. The molecule has 4 heteroatoms. The first-order chi connectivity index (χ1) is 7.74. The lowest BCUT2D eigenvalue weighted by molar-refractivity contribution is 0.139. The molecule has 0 atom stereocenters. The van der Waals surface area contributed by atoms with E-state index in [-0.39, 0.29) is 0 Å². The second-order valence-corrected chi connectivity index (χ2v) is 5.92. The normalized spacial score (nSPS) is 10.9. The smallest absolute Gasteiger partial charge is 0.0591 e. The highest BCUT2D eigenvalue weighted by Crippen LogP contribution is 2.26. The van der Waals surface area contributed by atoms with Crippen molar-refractivity contribution in [3.05, 3.63) is 20.3 Å². The Labute approximate surface area is 111 Å². The second kappa shape index (κ2) is 8.23. The fourth-order valence-corrected chi connectivity index (χ4v) is 2.94. The van der Waals surface area contributed by atoms with Crippen LogP contribution >= 0.6 is 27.3 Å². The number of hydrogen-bond donors (Lipinski definition) is 1. The lowest BCUT2D eigenvalue weighted by atomic mass is 10.3. The van der Waals surface area contributed by atoms with Crippen LogP contribution in [0.2, 0.25) is 0 Å². The molecule has 0 unspecified atom stereocenters. The topological polar surface area (TPSA) is 21.3 Å². The van der Waals surface area contributed by atoms with Crippen molar-refractivity contribution in [3.8, 4) is 0 Å². The van der Waals surface area contributed by atoms with E-state index in [0.29, 0.717) is 0 Å². The van der Waals surface area contributed by atoms with Gasteiger partial charge in [-0.25, -0.2) is 0 Å². The predicted octanol–water partition coefficient (Wildman–Crippen LogP) is 3.38. The van der Waals surface area contributed by atoms with Crippen LogP contribution in [0.4, 0.5) is 0 Å². The maximum absolute atomic E-state index is 5.56. The molecule has 16 heavy (non-hydrogen) atoms. The van der Waals surface area contributed by atoms with Crippen molar-refractivity contribution in [2.45, 2.75) is 26.7 Å². The van der Waals surface area contributed by atoms with E-state index in [2.05, 4.69) is 41.2 Å². The minimum Gasteiger partial charge on any atom is -0.380 e.